The molecule has 98 valence electrons. The third-order valence-electron chi connectivity index (χ3n) is 2.85. The van der Waals surface area contributed by atoms with Gasteiger partial charge in [-0.25, -0.2) is 4.98 Å². The van der Waals surface area contributed by atoms with Crippen LogP contribution in [-0.4, -0.2) is 23.1 Å². The van der Waals surface area contributed by atoms with Crippen molar-refractivity contribution in [2.75, 3.05) is 6.54 Å². The molecule has 0 aromatic carbocycles. The van der Waals surface area contributed by atoms with Crippen LogP contribution in [0, 0.1) is 18.3 Å². The van der Waals surface area contributed by atoms with Gasteiger partial charge < -0.3 is 5.32 Å². The van der Waals surface area contributed by atoms with Gasteiger partial charge in [-0.15, -0.1) is 12.3 Å². The lowest BCUT2D eigenvalue weighted by atomic mass is 10.0. The Balaban J connectivity index is 1.75. The van der Waals surface area contributed by atoms with E-state index in [0.717, 1.165) is 6.07 Å². The van der Waals surface area contributed by atoms with Crippen molar-refractivity contribution in [3.05, 3.63) is 29.8 Å². The van der Waals surface area contributed by atoms with Crippen LogP contribution in [0.4, 0.5) is 4.39 Å². The van der Waals surface area contributed by atoms with Gasteiger partial charge in [-0.3, -0.25) is 4.79 Å². The van der Waals surface area contributed by atoms with Gasteiger partial charge in [0.2, 0.25) is 5.95 Å². The van der Waals surface area contributed by atoms with Gasteiger partial charge in [0.25, 0.3) is 5.91 Å². The van der Waals surface area contributed by atoms with Gasteiger partial charge in [-0.2, -0.15) is 14.6 Å². The summed E-state index contributed by atoms with van der Waals surface area (Å²) in [5, 5.41) is 10.7. The number of nitrogens with zero attached hydrogens (tertiary/aromatic N) is 3. The van der Waals surface area contributed by atoms with E-state index in [1.165, 1.54) is 12.3 Å². The zero-order valence-corrected chi connectivity index (χ0v) is 10.3. The lowest BCUT2D eigenvalue weighted by molar-refractivity contribution is 0.0951. The van der Waals surface area contributed by atoms with Crippen LogP contribution in [0.2, 0.25) is 0 Å². The molecule has 1 aromatic rings. The van der Waals surface area contributed by atoms with E-state index in [4.69, 9.17) is 6.42 Å². The van der Waals surface area contributed by atoms with Crippen molar-refractivity contribution in [1.29, 1.82) is 0 Å². The maximum Gasteiger partial charge on any atom is 0.252 e. The van der Waals surface area contributed by atoms with Crippen molar-refractivity contribution < 1.29 is 9.18 Å². The highest BCUT2D eigenvalue weighted by Crippen LogP contribution is 2.35. The molecule has 5 nitrogen and oxygen atoms in total. The molecule has 1 N–H and O–H groups in total. The van der Waals surface area contributed by atoms with Crippen LogP contribution >= 0.6 is 0 Å². The number of rotatable bonds is 6. The number of carbonyl (C=O) groups is 1. The summed E-state index contributed by atoms with van der Waals surface area (Å²) in [7, 11) is 0. The van der Waals surface area contributed by atoms with Crippen LogP contribution in [0.15, 0.2) is 28.6 Å². The Bertz CT molecular complexity index is 527. The molecule has 0 saturated carbocycles. The number of carbonyl (C=O) groups excluding carboxylic acids is 1. The zero-order valence-electron chi connectivity index (χ0n) is 10.3. The fraction of sp³-hybridized carbons (Fsp3) is 0.385. The second-order valence-corrected chi connectivity index (χ2v) is 4.26. The fourth-order valence-corrected chi connectivity index (χ4v) is 1.66. The minimum Gasteiger partial charge on any atom is -0.352 e. The summed E-state index contributed by atoms with van der Waals surface area (Å²) in [6, 6.07) is 2.53. The van der Waals surface area contributed by atoms with E-state index in [1.54, 1.807) is 0 Å². The Morgan fingerprint density at radius 1 is 1.42 bits per heavy atom. The number of halogens is 1. The normalized spacial score (nSPS) is 14.7. The first-order valence-corrected chi connectivity index (χ1v) is 5.92. The van der Waals surface area contributed by atoms with Gasteiger partial charge in [0, 0.05) is 32.0 Å². The molecule has 0 atom stereocenters. The molecule has 0 unspecified atom stereocenters. The number of aromatic nitrogens is 1. The summed E-state index contributed by atoms with van der Waals surface area (Å²) < 4.78 is 12.6. The second kappa shape index (κ2) is 5.57. The van der Waals surface area contributed by atoms with Crippen molar-refractivity contribution in [3.63, 3.8) is 0 Å². The summed E-state index contributed by atoms with van der Waals surface area (Å²) in [4.78, 5) is 15.1. The van der Waals surface area contributed by atoms with Gasteiger partial charge in [0.15, 0.2) is 5.66 Å². The fourth-order valence-electron chi connectivity index (χ4n) is 1.66. The molecular formula is C13H13FN4O. The standard InChI is InChI=1S/C13H13FN4O/c1-2-3-6-13(17-18-13)7-8-15-12(19)10-4-5-11(14)16-9-10/h1,4-5,9H,3,6-8H2,(H,15,19). The third kappa shape index (κ3) is 3.58. The molecule has 2 rings (SSSR count). The molecule has 1 aromatic heterocycles. The van der Waals surface area contributed by atoms with Crippen LogP contribution in [0.25, 0.3) is 0 Å². The Labute approximate surface area is 110 Å². The number of nitrogens with one attached hydrogen (secondary N) is 1. The molecule has 0 radical (unpaired) electrons. The quantitative estimate of drug-likeness (QED) is 0.627. The van der Waals surface area contributed by atoms with Crippen molar-refractivity contribution in [2.45, 2.75) is 24.9 Å². The molecular weight excluding hydrogens is 247 g/mol. The van der Waals surface area contributed by atoms with E-state index in [-0.39, 0.29) is 5.91 Å². The Morgan fingerprint density at radius 3 is 2.79 bits per heavy atom. The van der Waals surface area contributed by atoms with E-state index in [9.17, 15) is 9.18 Å². The average molecular weight is 260 g/mol. The van der Waals surface area contributed by atoms with Crippen molar-refractivity contribution in [2.24, 2.45) is 10.2 Å². The van der Waals surface area contributed by atoms with E-state index >= 15 is 0 Å². The highest BCUT2D eigenvalue weighted by atomic mass is 19.1. The minimum atomic E-state index is -0.611. The first-order chi connectivity index (χ1) is 9.15. The van der Waals surface area contributed by atoms with Crippen molar-refractivity contribution in [1.82, 2.24) is 10.3 Å². The predicted molar refractivity (Wildman–Crippen MR) is 66.8 cm³/mol. The van der Waals surface area contributed by atoms with E-state index in [1.807, 2.05) is 0 Å². The Morgan fingerprint density at radius 2 is 2.21 bits per heavy atom. The highest BCUT2D eigenvalue weighted by molar-refractivity contribution is 5.93. The summed E-state index contributed by atoms with van der Waals surface area (Å²) in [6.45, 7) is 0.438. The van der Waals surface area contributed by atoms with E-state index in [0.29, 0.717) is 31.4 Å². The molecule has 6 heteroatoms. The van der Waals surface area contributed by atoms with Crippen LogP contribution in [0.3, 0.4) is 0 Å². The molecule has 0 saturated heterocycles. The van der Waals surface area contributed by atoms with Gasteiger partial charge in [-0.05, 0) is 12.1 Å². The van der Waals surface area contributed by atoms with Gasteiger partial charge in [0.1, 0.15) is 0 Å². The van der Waals surface area contributed by atoms with Crippen LogP contribution in [0.5, 0.6) is 0 Å². The maximum absolute atomic E-state index is 12.6. The topological polar surface area (TPSA) is 66.7 Å². The van der Waals surface area contributed by atoms with Crippen LogP contribution in [-0.2, 0) is 0 Å². The highest BCUT2D eigenvalue weighted by Gasteiger charge is 2.38. The average Bonchev–Trinajstić information content (AvgIpc) is 3.17. The van der Waals surface area contributed by atoms with Crippen molar-refractivity contribution in [3.8, 4) is 12.3 Å². The van der Waals surface area contributed by atoms with E-state index in [2.05, 4.69) is 26.4 Å². The number of hydrogen-bond donors (Lipinski definition) is 1. The smallest absolute Gasteiger partial charge is 0.252 e. The number of terminal acetylenes is 1. The first-order valence-electron chi connectivity index (χ1n) is 5.92. The molecule has 1 aliphatic heterocycles. The number of hydrogen-bond acceptors (Lipinski definition) is 4. The number of pyridine rings is 1. The molecule has 1 aliphatic rings. The zero-order chi connectivity index (χ0) is 13.7. The largest absolute Gasteiger partial charge is 0.352 e. The molecule has 0 spiro atoms. The summed E-state index contributed by atoms with van der Waals surface area (Å²) in [5.74, 6) is 1.64. The Hall–Kier alpha value is -2.29. The summed E-state index contributed by atoms with van der Waals surface area (Å²) in [5.41, 5.74) is -0.0792. The molecule has 1 amide bonds. The SMILES string of the molecule is C#CCCC1(CCNC(=O)c2ccc(F)nc2)N=N1. The lowest BCUT2D eigenvalue weighted by Gasteiger charge is -2.09. The molecule has 0 fully saturated rings. The Kier molecular flexibility index (Phi) is 3.85. The predicted octanol–water partition coefficient (Wildman–Crippen LogP) is 1.92. The molecule has 0 bridgehead atoms. The van der Waals surface area contributed by atoms with Gasteiger partial charge >= 0.3 is 0 Å². The summed E-state index contributed by atoms with van der Waals surface area (Å²) >= 11 is 0. The number of amides is 1. The van der Waals surface area contributed by atoms with Gasteiger partial charge in [0.05, 0.1) is 5.56 Å². The monoisotopic (exact) mass is 260 g/mol. The molecule has 2 heterocycles. The maximum atomic E-state index is 12.6. The second-order valence-electron chi connectivity index (χ2n) is 4.26. The van der Waals surface area contributed by atoms with E-state index < -0.39 is 11.6 Å². The first kappa shape index (κ1) is 13.1. The van der Waals surface area contributed by atoms with Crippen LogP contribution in [0.1, 0.15) is 29.6 Å². The molecule has 19 heavy (non-hydrogen) atoms. The van der Waals surface area contributed by atoms with Gasteiger partial charge in [-0.1, -0.05) is 0 Å². The minimum absolute atomic E-state index is 0.291. The summed E-state index contributed by atoms with van der Waals surface area (Å²) in [6.07, 6.45) is 8.33. The van der Waals surface area contributed by atoms with Crippen molar-refractivity contribution >= 4 is 5.91 Å². The third-order valence-corrected chi connectivity index (χ3v) is 2.85. The van der Waals surface area contributed by atoms with Crippen LogP contribution < -0.4 is 5.32 Å². The lowest BCUT2D eigenvalue weighted by Crippen LogP contribution is -2.28. The molecule has 0 aliphatic carbocycles.